The summed E-state index contributed by atoms with van der Waals surface area (Å²) in [6, 6.07) is 2.18. The Morgan fingerprint density at radius 2 is 2.20 bits per heavy atom. The summed E-state index contributed by atoms with van der Waals surface area (Å²) in [5, 5.41) is 7.76. The van der Waals surface area contributed by atoms with Crippen LogP contribution in [0, 0.1) is 0 Å². The Morgan fingerprint density at radius 1 is 1.24 bits per heavy atom. The predicted molar refractivity (Wildman–Crippen MR) is 111 cm³/mol. The van der Waals surface area contributed by atoms with Gasteiger partial charge in [0.05, 0.1) is 20.3 Å². The molecule has 1 aliphatic rings. The zero-order valence-corrected chi connectivity index (χ0v) is 16.7. The fraction of sp³-hybridized carbons (Fsp3) is 0.235. The highest BCUT2D eigenvalue weighted by Crippen LogP contribution is 2.52. The second-order valence-electron chi connectivity index (χ2n) is 5.69. The van der Waals surface area contributed by atoms with E-state index in [-0.39, 0.29) is 0 Å². The Labute approximate surface area is 161 Å². The largest absolute Gasteiger partial charge is 0.337 e. The quantitative estimate of drug-likeness (QED) is 0.269. The maximum atomic E-state index is 4.92. The van der Waals surface area contributed by atoms with Gasteiger partial charge >= 0.3 is 0 Å². The Kier molecular flexibility index (Phi) is 4.00. The van der Waals surface area contributed by atoms with E-state index in [4.69, 9.17) is 4.98 Å². The van der Waals surface area contributed by atoms with Crippen LogP contribution in [0.5, 0.6) is 0 Å². The number of hydrogen-bond donors (Lipinski definition) is 1. The monoisotopic (exact) mass is 402 g/mol. The van der Waals surface area contributed by atoms with Gasteiger partial charge in [0.15, 0.2) is 0 Å². The van der Waals surface area contributed by atoms with Crippen LogP contribution in [0.4, 0.5) is 11.5 Å². The van der Waals surface area contributed by atoms with Gasteiger partial charge in [-0.3, -0.25) is 0 Å². The molecule has 1 N–H and O–H groups in total. The molecule has 0 fully saturated rings. The van der Waals surface area contributed by atoms with Crippen LogP contribution in [0.2, 0.25) is 0 Å². The summed E-state index contributed by atoms with van der Waals surface area (Å²) in [6.45, 7) is 2.23. The molecule has 25 heavy (non-hydrogen) atoms. The van der Waals surface area contributed by atoms with E-state index >= 15 is 0 Å². The van der Waals surface area contributed by atoms with Crippen LogP contribution in [-0.4, -0.2) is 20.7 Å². The van der Waals surface area contributed by atoms with Crippen molar-refractivity contribution in [1.29, 1.82) is 0 Å². The third-order valence-corrected chi connectivity index (χ3v) is 8.16. The van der Waals surface area contributed by atoms with Gasteiger partial charge in [-0.1, -0.05) is 13.3 Å². The van der Waals surface area contributed by atoms with Gasteiger partial charge in [-0.25, -0.2) is 15.0 Å². The van der Waals surface area contributed by atoms with Crippen LogP contribution < -0.4 is 5.32 Å². The number of pyridine rings is 1. The minimum atomic E-state index is 0.955. The fourth-order valence-electron chi connectivity index (χ4n) is 2.89. The highest BCUT2D eigenvalue weighted by Gasteiger charge is 2.27. The molecule has 4 nitrogen and oxygen atoms in total. The Bertz CT molecular complexity index is 1050. The standard InChI is InChI=1S/C17H14N4S4/c1-2-3-5-23-17-12-11-9(13-14(21-12)19-8-24-13)7-10(20-16(11)25-17)15-18-4-6-22-15/h4,6-8,21H,2-3,5H2,1H3. The molecule has 0 unspecified atom stereocenters. The number of anilines is 2. The number of thiophene rings is 1. The summed E-state index contributed by atoms with van der Waals surface area (Å²) in [5.41, 5.74) is 5.29. The van der Waals surface area contributed by atoms with Crippen LogP contribution in [-0.2, 0) is 0 Å². The molecule has 1 aliphatic heterocycles. The minimum Gasteiger partial charge on any atom is -0.337 e. The topological polar surface area (TPSA) is 50.7 Å². The van der Waals surface area contributed by atoms with E-state index in [1.165, 1.54) is 38.6 Å². The highest BCUT2D eigenvalue weighted by molar-refractivity contribution is 8.01. The van der Waals surface area contributed by atoms with E-state index in [2.05, 4.69) is 28.3 Å². The lowest BCUT2D eigenvalue weighted by Gasteiger charge is -2.15. The van der Waals surface area contributed by atoms with Crippen LogP contribution >= 0.6 is 45.8 Å². The van der Waals surface area contributed by atoms with Crippen LogP contribution in [0.1, 0.15) is 19.8 Å². The lowest BCUT2D eigenvalue weighted by atomic mass is 10.1. The molecular formula is C17H14N4S4. The molecular weight excluding hydrogens is 388 g/mol. The number of rotatable bonds is 5. The van der Waals surface area contributed by atoms with E-state index in [9.17, 15) is 0 Å². The van der Waals surface area contributed by atoms with Crippen molar-refractivity contribution in [3.63, 3.8) is 0 Å². The molecule has 0 aliphatic carbocycles. The van der Waals surface area contributed by atoms with Gasteiger partial charge in [0.25, 0.3) is 0 Å². The molecule has 126 valence electrons. The molecule has 0 amide bonds. The van der Waals surface area contributed by atoms with Gasteiger partial charge in [0.2, 0.25) is 0 Å². The van der Waals surface area contributed by atoms with Crippen molar-refractivity contribution in [1.82, 2.24) is 15.0 Å². The van der Waals surface area contributed by atoms with E-state index in [1.54, 1.807) is 34.0 Å². The predicted octanol–water partition coefficient (Wildman–Crippen LogP) is 6.49. The lowest BCUT2D eigenvalue weighted by molar-refractivity contribution is 0.897. The van der Waals surface area contributed by atoms with E-state index in [1.807, 2.05) is 28.8 Å². The number of thioether (sulfide) groups is 1. The second-order valence-corrected chi connectivity index (χ2v) is 9.81. The van der Waals surface area contributed by atoms with Gasteiger partial charge < -0.3 is 5.32 Å². The maximum absolute atomic E-state index is 4.92. The van der Waals surface area contributed by atoms with Crippen molar-refractivity contribution in [2.75, 3.05) is 11.1 Å². The van der Waals surface area contributed by atoms with E-state index in [0.29, 0.717) is 0 Å². The van der Waals surface area contributed by atoms with Crippen molar-refractivity contribution in [2.24, 2.45) is 0 Å². The summed E-state index contributed by atoms with van der Waals surface area (Å²) in [5.74, 6) is 2.10. The molecule has 4 aromatic rings. The van der Waals surface area contributed by atoms with Crippen molar-refractivity contribution in [3.8, 4) is 21.1 Å². The molecule has 0 saturated heterocycles. The average Bonchev–Trinajstić information content (AvgIpc) is 3.35. The first-order valence-corrected chi connectivity index (χ1v) is 11.6. The van der Waals surface area contributed by atoms with Crippen molar-refractivity contribution in [2.45, 2.75) is 24.0 Å². The zero-order valence-electron chi connectivity index (χ0n) is 13.4. The zero-order chi connectivity index (χ0) is 16.8. The normalized spacial score (nSPS) is 12.4. The van der Waals surface area contributed by atoms with Crippen molar-refractivity contribution >= 4 is 67.5 Å². The molecule has 5 heterocycles. The Balaban J connectivity index is 1.72. The highest BCUT2D eigenvalue weighted by atomic mass is 32.2. The molecule has 0 atom stereocenters. The van der Waals surface area contributed by atoms with Crippen LogP contribution in [0.25, 0.3) is 31.4 Å². The first-order chi connectivity index (χ1) is 12.3. The third-order valence-electron chi connectivity index (χ3n) is 4.07. The number of nitrogens with zero attached hydrogens (tertiary/aromatic N) is 3. The minimum absolute atomic E-state index is 0.955. The van der Waals surface area contributed by atoms with Gasteiger partial charge in [0, 0.05) is 22.5 Å². The molecule has 0 bridgehead atoms. The van der Waals surface area contributed by atoms with Crippen LogP contribution in [0.15, 0.2) is 27.4 Å². The number of fused-ring (bicyclic) bond motifs is 2. The van der Waals surface area contributed by atoms with Gasteiger partial charge in [-0.15, -0.1) is 45.8 Å². The maximum Gasteiger partial charge on any atom is 0.149 e. The van der Waals surface area contributed by atoms with E-state index in [0.717, 1.165) is 27.1 Å². The SMILES string of the molecule is CCCCSc1sc2nc(-c3nccs3)cc3c2c1Nc1ncsc1-3. The van der Waals surface area contributed by atoms with Crippen molar-refractivity contribution in [3.05, 3.63) is 23.2 Å². The van der Waals surface area contributed by atoms with Crippen molar-refractivity contribution < 1.29 is 0 Å². The molecule has 0 radical (unpaired) electrons. The summed E-state index contributed by atoms with van der Waals surface area (Å²) in [7, 11) is 0. The summed E-state index contributed by atoms with van der Waals surface area (Å²) in [4.78, 5) is 16.2. The Hall–Kier alpha value is -1.48. The number of nitrogens with one attached hydrogen (secondary N) is 1. The average molecular weight is 403 g/mol. The summed E-state index contributed by atoms with van der Waals surface area (Å²) >= 11 is 7.01. The summed E-state index contributed by atoms with van der Waals surface area (Å²) < 4.78 is 1.31. The third kappa shape index (κ3) is 2.59. The smallest absolute Gasteiger partial charge is 0.149 e. The van der Waals surface area contributed by atoms with Crippen LogP contribution in [0.3, 0.4) is 0 Å². The number of aromatic nitrogens is 3. The number of unbranched alkanes of at least 4 members (excludes halogenated alkanes) is 1. The van der Waals surface area contributed by atoms with Gasteiger partial charge in [0.1, 0.15) is 21.3 Å². The molecule has 4 aromatic heterocycles. The van der Waals surface area contributed by atoms with Gasteiger partial charge in [-0.05, 0) is 18.2 Å². The molecule has 0 saturated carbocycles. The molecule has 5 rings (SSSR count). The van der Waals surface area contributed by atoms with Gasteiger partial charge in [-0.2, -0.15) is 0 Å². The molecule has 8 heteroatoms. The fourth-order valence-corrected chi connectivity index (χ4v) is 6.78. The first kappa shape index (κ1) is 15.7. The first-order valence-electron chi connectivity index (χ1n) is 8.06. The summed E-state index contributed by atoms with van der Waals surface area (Å²) in [6.07, 6.45) is 4.28. The number of hydrogen-bond acceptors (Lipinski definition) is 8. The Morgan fingerprint density at radius 3 is 3.04 bits per heavy atom. The lowest BCUT2D eigenvalue weighted by Crippen LogP contribution is -1.99. The second kappa shape index (κ2) is 6.35. The molecule has 0 aromatic carbocycles. The number of thiazole rings is 2. The van der Waals surface area contributed by atoms with E-state index < -0.39 is 0 Å². The molecule has 0 spiro atoms.